The van der Waals surface area contributed by atoms with Crippen LogP contribution in [0.25, 0.3) is 33.1 Å². The number of methoxy groups -OCH3 is 1. The average molecular weight is 1560 g/mol. The Hall–Kier alpha value is -10.2. The molecule has 112 heavy (non-hydrogen) atoms. The maximum atomic E-state index is 13.9. The van der Waals surface area contributed by atoms with Gasteiger partial charge in [-0.3, -0.25) is 47.8 Å². The molecule has 3 fully saturated rings. The minimum atomic E-state index is -1.13. The van der Waals surface area contributed by atoms with Gasteiger partial charge in [-0.15, -0.1) is 0 Å². The number of imidazole rings is 3. The summed E-state index contributed by atoms with van der Waals surface area (Å²) in [6.07, 6.45) is 7.27. The van der Waals surface area contributed by atoms with E-state index < -0.39 is 63.1 Å². The summed E-state index contributed by atoms with van der Waals surface area (Å²) >= 11 is 0. The third-order valence-corrected chi connectivity index (χ3v) is 21.5. The number of nitrogens with one attached hydrogen (secondary N) is 2. The van der Waals surface area contributed by atoms with Crippen LogP contribution in [0, 0.1) is 86.9 Å². The zero-order chi connectivity index (χ0) is 83.5. The number of carboxylic acids is 1. The number of nitrogens with zero attached hydrogens (tertiary/aromatic N) is 7. The number of aromatic carboxylic acids is 1. The van der Waals surface area contributed by atoms with Crippen LogP contribution >= 0.6 is 0 Å². The number of halogens is 1. The van der Waals surface area contributed by atoms with Crippen LogP contribution < -0.4 is 33.4 Å². The molecule has 0 saturated heterocycles. The van der Waals surface area contributed by atoms with Crippen molar-refractivity contribution in [3.8, 4) is 0 Å². The Kier molecular flexibility index (Phi) is 30.1. The highest BCUT2D eigenvalue weighted by Gasteiger charge is 2.41. The van der Waals surface area contributed by atoms with E-state index in [1.54, 1.807) is 77.9 Å². The summed E-state index contributed by atoms with van der Waals surface area (Å²) in [7, 11) is 1.14. The molecule has 28 nitrogen and oxygen atoms in total. The molecule has 3 aromatic heterocycles. The number of ketones is 2. The molecule has 2 amide bonds. The number of nitro groups is 1. The van der Waals surface area contributed by atoms with Crippen molar-refractivity contribution in [2.24, 2.45) is 76.7 Å². The van der Waals surface area contributed by atoms with Crippen molar-refractivity contribution in [1.29, 1.82) is 0 Å². The summed E-state index contributed by atoms with van der Waals surface area (Å²) in [5, 5.41) is 25.0. The van der Waals surface area contributed by atoms with E-state index in [2.05, 4.69) is 77.7 Å². The number of fused-ring (bicyclic) bond motifs is 3. The highest BCUT2D eigenvalue weighted by molar-refractivity contribution is 6.01. The Morgan fingerprint density at radius 2 is 0.839 bits per heavy atom. The molecule has 5 N–H and O–H groups in total. The number of aromatic nitrogens is 6. The highest BCUT2D eigenvalue weighted by atomic mass is 19.1. The molecule has 7 aromatic rings. The van der Waals surface area contributed by atoms with Crippen LogP contribution in [0.1, 0.15) is 231 Å². The van der Waals surface area contributed by atoms with Gasteiger partial charge in [0, 0.05) is 74.2 Å². The van der Waals surface area contributed by atoms with Crippen LogP contribution in [0.5, 0.6) is 0 Å². The summed E-state index contributed by atoms with van der Waals surface area (Å²) in [6.45, 7) is 33.8. The molecule has 0 aliphatic heterocycles. The molecular weight excluding hydrogens is 1440 g/mol. The number of rotatable bonds is 19. The Labute approximate surface area is 651 Å². The summed E-state index contributed by atoms with van der Waals surface area (Å²) in [6, 6.07) is 17.2. The zero-order valence-electron chi connectivity index (χ0n) is 67.9. The van der Waals surface area contributed by atoms with Gasteiger partial charge in [0.05, 0.1) is 56.3 Å². The van der Waals surface area contributed by atoms with Crippen molar-refractivity contribution in [3.05, 3.63) is 142 Å². The normalized spacial score (nSPS) is 19.8. The fourth-order valence-corrected chi connectivity index (χ4v) is 15.8. The van der Waals surface area contributed by atoms with Gasteiger partial charge in [0.2, 0.25) is 23.5 Å². The first-order valence-corrected chi connectivity index (χ1v) is 38.7. The number of amides is 2. The first-order chi connectivity index (χ1) is 52.4. The SMILES string of the molecule is CC(=O)c1ccc2c(c1)n(CCN)c(=O)n2C(=O)[C@@H]1C[C@H](C)CC[C@H]1C(C)C.CC(=O)c1ccc2c(c1)n(CCNC(=O)OC(C)(C)C)c(=O)n2C(=O)[C@@H]1C[C@H](C)CC[C@H]1C(C)C.CC(C)[C@@H]1CC[C@@H](C)C[C@H]1C(=O)n1c(=O)n(CCNC(=O)OC(C)(C)C)c2cc(C(=O)O)ccc21.COC(=O)c1ccc([N+](=O)[O-])c(F)c1. The highest BCUT2D eigenvalue weighted by Crippen LogP contribution is 2.42. The Bertz CT molecular complexity index is 4660. The fourth-order valence-electron chi connectivity index (χ4n) is 15.8. The van der Waals surface area contributed by atoms with E-state index in [1.165, 1.54) is 59.4 Å². The van der Waals surface area contributed by atoms with Crippen LogP contribution in [0.15, 0.2) is 87.2 Å². The number of nitro benzene ring substituents is 1. The van der Waals surface area contributed by atoms with Crippen molar-refractivity contribution in [3.63, 3.8) is 0 Å². The van der Waals surface area contributed by atoms with Gasteiger partial charge in [-0.1, -0.05) is 81.6 Å². The predicted molar refractivity (Wildman–Crippen MR) is 424 cm³/mol. The van der Waals surface area contributed by atoms with E-state index >= 15 is 0 Å². The molecule has 9 atom stereocenters. The number of hydrogen-bond donors (Lipinski definition) is 4. The molecule has 4 aromatic carbocycles. The molecule has 3 aliphatic rings. The molecule has 610 valence electrons. The number of alkyl carbamates (subject to hydrolysis) is 2. The van der Waals surface area contributed by atoms with E-state index in [0.717, 1.165) is 76.7 Å². The van der Waals surface area contributed by atoms with Gasteiger partial charge >= 0.3 is 46.9 Å². The number of ether oxygens (including phenoxy) is 3. The molecule has 3 saturated carbocycles. The van der Waals surface area contributed by atoms with Gasteiger partial charge in [0.15, 0.2) is 11.6 Å². The molecule has 3 aliphatic carbocycles. The van der Waals surface area contributed by atoms with Crippen LogP contribution in [0.3, 0.4) is 0 Å². The van der Waals surface area contributed by atoms with Crippen molar-refractivity contribution < 1.29 is 71.8 Å². The lowest BCUT2D eigenvalue weighted by atomic mass is 9.69. The van der Waals surface area contributed by atoms with E-state index in [1.807, 2.05) is 0 Å². The number of carbonyl (C=O) groups is 9. The average Bonchev–Trinajstić information content (AvgIpc) is 1.61. The summed E-state index contributed by atoms with van der Waals surface area (Å²) in [4.78, 5) is 161. The molecular formula is C83H113FN10O18. The molecule has 10 rings (SSSR count). The van der Waals surface area contributed by atoms with Gasteiger partial charge < -0.3 is 35.7 Å². The maximum Gasteiger partial charge on any atom is 0.407 e. The number of Topliss-reactive ketones (excluding diaryl/α,β-unsaturated/α-hetero) is 2. The van der Waals surface area contributed by atoms with Crippen molar-refractivity contribution >= 4 is 92.2 Å². The third-order valence-electron chi connectivity index (χ3n) is 21.5. The standard InChI is InChI=1S/C27H39N3O5.C26H37N3O6.C22H31N3O3.C8H6FNO4/c1-16(2)20-10-8-17(3)14-21(20)24(32)30-22-11-9-19(18(4)31)15-23(22)29(26(30)34)13-12-28-25(33)35-27(5,6)7;1-15(2)18-9-7-16(3)13-19(18)22(30)29-20-10-8-17(23(31)32)14-21(20)28(25(29)34)12-11-27-24(33)35-26(4,5)6;1-13(2)17-7-5-14(3)11-18(17)21(27)25-19-8-6-16(15(4)26)12-20(19)24(10-9-23)22(25)28;1-14-8(11)5-2-3-7(10(12)13)6(9)4-5/h9,11,15-17,20-21H,8,10,12-14H2,1-7H3,(H,28,33);8,10,14-16,18-19H,7,9,11-13H2,1-6H3,(H,27,33)(H,31,32);6,8,12-14,17-18H,5,7,9-11,23H2,1-4H3;2-4H,1H3/t17-,20+,21-;16-,18+,19-;14-,17+,18-;/m111./s1. The topological polar surface area (TPSA) is 376 Å². The van der Waals surface area contributed by atoms with Gasteiger partial charge in [0.25, 0.3) is 0 Å². The van der Waals surface area contributed by atoms with E-state index in [4.69, 9.17) is 15.2 Å². The zero-order valence-corrected chi connectivity index (χ0v) is 67.9. The quantitative estimate of drug-likeness (QED) is 0.0192. The molecule has 0 unspecified atom stereocenters. The summed E-state index contributed by atoms with van der Waals surface area (Å²) in [5.74, 6) is -1.36. The Balaban J connectivity index is 0.000000216. The predicted octanol–water partition coefficient (Wildman–Crippen LogP) is 14.1. The van der Waals surface area contributed by atoms with Crippen LogP contribution in [-0.2, 0) is 33.8 Å². The van der Waals surface area contributed by atoms with Crippen molar-refractivity contribution in [2.75, 3.05) is 26.7 Å². The molecule has 0 bridgehead atoms. The van der Waals surface area contributed by atoms with Crippen molar-refractivity contribution in [2.45, 2.75) is 206 Å². The minimum absolute atomic E-state index is 0.0160. The second-order valence-corrected chi connectivity index (χ2v) is 33.2. The molecule has 3 heterocycles. The van der Waals surface area contributed by atoms with Gasteiger partial charge in [0.1, 0.15) is 11.2 Å². The van der Waals surface area contributed by atoms with E-state index in [9.17, 15) is 77.1 Å². The van der Waals surface area contributed by atoms with Crippen molar-refractivity contribution in [1.82, 2.24) is 38.0 Å². The van der Waals surface area contributed by atoms with Gasteiger partial charge in [-0.05, 0) is 214 Å². The van der Waals surface area contributed by atoms with E-state index in [0.29, 0.717) is 92.7 Å². The smallest absolute Gasteiger partial charge is 0.407 e. The number of esters is 1. The fraction of sp³-hybridized carbons (Fsp3) is 0.566. The first-order valence-electron chi connectivity index (χ1n) is 38.7. The summed E-state index contributed by atoms with van der Waals surface area (Å²) < 4.78 is 35.9. The second kappa shape index (κ2) is 37.9. The first kappa shape index (κ1) is 89.0. The van der Waals surface area contributed by atoms with E-state index in [-0.39, 0.29) is 114 Å². The summed E-state index contributed by atoms with van der Waals surface area (Å²) in [5.41, 5.74) is 6.23. The number of benzene rings is 4. The van der Waals surface area contributed by atoms with Crippen LogP contribution in [0.2, 0.25) is 0 Å². The molecule has 0 radical (unpaired) electrons. The van der Waals surface area contributed by atoms with Crippen LogP contribution in [0.4, 0.5) is 19.7 Å². The van der Waals surface area contributed by atoms with Gasteiger partial charge in [-0.25, -0.2) is 47.3 Å². The second-order valence-electron chi connectivity index (χ2n) is 33.2. The Morgan fingerprint density at radius 1 is 0.518 bits per heavy atom. The monoisotopic (exact) mass is 1560 g/mol. The number of carboxylic acid groups (broad SMARTS) is 1. The van der Waals surface area contributed by atoms with Gasteiger partial charge in [-0.2, -0.15) is 4.39 Å². The molecule has 29 heteroatoms. The number of nitrogens with two attached hydrogens (primary N) is 1. The van der Waals surface area contributed by atoms with Crippen LogP contribution in [-0.4, -0.2) is 129 Å². The third kappa shape index (κ3) is 21.7. The minimum Gasteiger partial charge on any atom is -0.478 e. The largest absolute Gasteiger partial charge is 0.478 e. The lowest BCUT2D eigenvalue weighted by Gasteiger charge is -2.36. The lowest BCUT2D eigenvalue weighted by Crippen LogP contribution is -2.41. The molecule has 0 spiro atoms. The number of hydrogen-bond acceptors (Lipinski definition) is 18. The lowest BCUT2D eigenvalue weighted by molar-refractivity contribution is -0.387. The Morgan fingerprint density at radius 3 is 1.12 bits per heavy atom. The maximum absolute atomic E-state index is 13.9. The number of carbonyl (C=O) groups excluding carboxylic acids is 8.